The third kappa shape index (κ3) is 3.47. The molecule has 1 N–H and O–H groups in total. The number of allylic oxidation sites excluding steroid dienone is 1. The Labute approximate surface area is 121 Å². The Morgan fingerprint density at radius 1 is 1.25 bits per heavy atom. The molecule has 0 radical (unpaired) electrons. The van der Waals surface area contributed by atoms with Crippen LogP contribution in [0.1, 0.15) is 31.4 Å². The Morgan fingerprint density at radius 2 is 2.05 bits per heavy atom. The van der Waals surface area contributed by atoms with Gasteiger partial charge in [0, 0.05) is 17.5 Å². The van der Waals surface area contributed by atoms with Gasteiger partial charge in [0.25, 0.3) is 0 Å². The van der Waals surface area contributed by atoms with Gasteiger partial charge in [-0.05, 0) is 43.0 Å². The first-order valence-electron chi connectivity index (χ1n) is 7.08. The van der Waals surface area contributed by atoms with Gasteiger partial charge in [-0.25, -0.2) is 4.98 Å². The Bertz CT molecular complexity index is 615. The van der Waals surface area contributed by atoms with Crippen molar-refractivity contribution in [1.29, 1.82) is 0 Å². The fourth-order valence-electron chi connectivity index (χ4n) is 2.26. The smallest absolute Gasteiger partial charge is 0.132 e. The number of anilines is 1. The Morgan fingerprint density at radius 3 is 2.70 bits per heavy atom. The van der Waals surface area contributed by atoms with Crippen LogP contribution in [0.3, 0.4) is 0 Å². The highest BCUT2D eigenvalue weighted by molar-refractivity contribution is 5.66. The van der Waals surface area contributed by atoms with Crippen molar-refractivity contribution in [2.75, 3.05) is 5.32 Å². The number of nitrogens with one attached hydrogen (secondary N) is 1. The molecule has 0 aliphatic rings. The summed E-state index contributed by atoms with van der Waals surface area (Å²) in [5.74, 6) is 0.881. The number of nitrogens with zero attached hydrogens (tertiary/aromatic N) is 1. The third-order valence-electron chi connectivity index (χ3n) is 3.21. The second-order valence-corrected chi connectivity index (χ2v) is 5.25. The summed E-state index contributed by atoms with van der Waals surface area (Å²) in [6, 6.07) is 10.9. The van der Waals surface area contributed by atoms with Crippen LogP contribution in [-0.4, -0.2) is 4.98 Å². The van der Waals surface area contributed by atoms with Crippen molar-refractivity contribution in [3.63, 3.8) is 0 Å². The first kappa shape index (κ1) is 14.3. The molecule has 0 atom stereocenters. The van der Waals surface area contributed by atoms with Crippen molar-refractivity contribution in [2.24, 2.45) is 0 Å². The van der Waals surface area contributed by atoms with Crippen molar-refractivity contribution < 1.29 is 0 Å². The second-order valence-electron chi connectivity index (χ2n) is 5.25. The molecule has 20 heavy (non-hydrogen) atoms. The van der Waals surface area contributed by atoms with E-state index >= 15 is 0 Å². The molecule has 2 rings (SSSR count). The Balaban J connectivity index is 2.31. The zero-order valence-electron chi connectivity index (χ0n) is 12.5. The lowest BCUT2D eigenvalue weighted by molar-refractivity contribution is 0.922. The van der Waals surface area contributed by atoms with Crippen LogP contribution in [0, 0.1) is 6.92 Å². The van der Waals surface area contributed by atoms with Gasteiger partial charge in [-0.15, -0.1) is 0 Å². The summed E-state index contributed by atoms with van der Waals surface area (Å²) in [6.45, 7) is 10.1. The number of rotatable bonds is 5. The van der Waals surface area contributed by atoms with E-state index in [1.807, 2.05) is 13.1 Å². The van der Waals surface area contributed by atoms with Gasteiger partial charge in [0.05, 0.1) is 0 Å². The monoisotopic (exact) mass is 266 g/mol. The number of pyridine rings is 1. The minimum absolute atomic E-state index is 0.881. The molecule has 0 saturated heterocycles. The molecule has 0 bridgehead atoms. The predicted octanol–water partition coefficient (Wildman–Crippen LogP) is 4.96. The topological polar surface area (TPSA) is 24.9 Å². The van der Waals surface area contributed by atoms with Gasteiger partial charge in [-0.2, -0.15) is 0 Å². The van der Waals surface area contributed by atoms with Gasteiger partial charge >= 0.3 is 0 Å². The summed E-state index contributed by atoms with van der Waals surface area (Å²) in [5, 5.41) is 3.18. The van der Waals surface area contributed by atoms with Gasteiger partial charge in [-0.3, -0.25) is 0 Å². The van der Waals surface area contributed by atoms with Crippen LogP contribution in [0.15, 0.2) is 48.8 Å². The minimum Gasteiger partial charge on any atom is -0.344 e. The van der Waals surface area contributed by atoms with Crippen molar-refractivity contribution >= 4 is 5.82 Å². The second kappa shape index (κ2) is 6.38. The summed E-state index contributed by atoms with van der Waals surface area (Å²) in [5.41, 5.74) is 5.80. The van der Waals surface area contributed by atoms with E-state index in [9.17, 15) is 0 Å². The van der Waals surface area contributed by atoms with E-state index in [2.05, 4.69) is 61.1 Å². The molecule has 0 fully saturated rings. The predicted molar refractivity (Wildman–Crippen MR) is 86.8 cm³/mol. The first-order valence-corrected chi connectivity index (χ1v) is 7.08. The van der Waals surface area contributed by atoms with Crippen LogP contribution in [0.4, 0.5) is 5.82 Å². The molecule has 0 aliphatic heterocycles. The van der Waals surface area contributed by atoms with Crippen LogP contribution < -0.4 is 5.32 Å². The number of hydrogen-bond acceptors (Lipinski definition) is 2. The Kier molecular flexibility index (Phi) is 4.57. The van der Waals surface area contributed by atoms with Crippen LogP contribution >= 0.6 is 0 Å². The molecule has 2 aromatic rings. The first-order chi connectivity index (χ1) is 9.60. The SMILES string of the molecule is C=C(C)Nc1ncc(-c2cccc(CCC)c2)cc1C. The van der Waals surface area contributed by atoms with Crippen molar-refractivity contribution in [3.8, 4) is 11.1 Å². The average Bonchev–Trinajstić information content (AvgIpc) is 2.41. The van der Waals surface area contributed by atoms with Crippen LogP contribution in [0.2, 0.25) is 0 Å². The zero-order valence-corrected chi connectivity index (χ0v) is 12.5. The van der Waals surface area contributed by atoms with E-state index in [4.69, 9.17) is 0 Å². The van der Waals surface area contributed by atoms with Crippen LogP contribution in [0.5, 0.6) is 0 Å². The number of aryl methyl sites for hydroxylation is 2. The molecule has 0 aliphatic carbocycles. The molecule has 0 unspecified atom stereocenters. The fraction of sp³-hybridized carbons (Fsp3) is 0.278. The lowest BCUT2D eigenvalue weighted by atomic mass is 10.0. The molecular formula is C18H22N2. The molecule has 1 aromatic heterocycles. The molecule has 0 saturated carbocycles. The average molecular weight is 266 g/mol. The number of benzene rings is 1. The van der Waals surface area contributed by atoms with E-state index in [1.54, 1.807) is 0 Å². The molecule has 1 heterocycles. The molecule has 2 heteroatoms. The van der Waals surface area contributed by atoms with Crippen molar-refractivity contribution in [3.05, 3.63) is 59.9 Å². The lowest BCUT2D eigenvalue weighted by Crippen LogP contribution is -1.99. The van der Waals surface area contributed by atoms with Gasteiger partial charge in [0.1, 0.15) is 5.82 Å². The molecular weight excluding hydrogens is 244 g/mol. The Hall–Kier alpha value is -2.09. The van der Waals surface area contributed by atoms with Crippen molar-refractivity contribution in [2.45, 2.75) is 33.6 Å². The summed E-state index contributed by atoms with van der Waals surface area (Å²) in [6.07, 6.45) is 4.21. The van der Waals surface area contributed by atoms with Gasteiger partial charge in [-0.1, -0.05) is 44.2 Å². The van der Waals surface area contributed by atoms with Crippen LogP contribution in [0.25, 0.3) is 11.1 Å². The van der Waals surface area contributed by atoms with E-state index in [-0.39, 0.29) is 0 Å². The standard InChI is InChI=1S/C18H22N2/c1-5-7-15-8-6-9-16(11-15)17-10-14(4)18(19-12-17)20-13(2)3/h6,8-12H,2,5,7H2,1,3-4H3,(H,19,20). The number of aromatic nitrogens is 1. The summed E-state index contributed by atoms with van der Waals surface area (Å²) >= 11 is 0. The van der Waals surface area contributed by atoms with E-state index in [0.29, 0.717) is 0 Å². The van der Waals surface area contributed by atoms with Crippen LogP contribution in [-0.2, 0) is 6.42 Å². The quantitative estimate of drug-likeness (QED) is 0.827. The fourth-order valence-corrected chi connectivity index (χ4v) is 2.26. The molecule has 104 valence electrons. The highest BCUT2D eigenvalue weighted by Crippen LogP contribution is 2.24. The zero-order chi connectivity index (χ0) is 14.5. The molecule has 1 aromatic carbocycles. The summed E-state index contributed by atoms with van der Waals surface area (Å²) < 4.78 is 0. The van der Waals surface area contributed by atoms with Crippen molar-refractivity contribution in [1.82, 2.24) is 4.98 Å². The highest BCUT2D eigenvalue weighted by atomic mass is 15.0. The normalized spacial score (nSPS) is 10.3. The third-order valence-corrected chi connectivity index (χ3v) is 3.21. The van der Waals surface area contributed by atoms with Gasteiger partial charge < -0.3 is 5.32 Å². The summed E-state index contributed by atoms with van der Waals surface area (Å²) in [4.78, 5) is 4.50. The maximum Gasteiger partial charge on any atom is 0.132 e. The summed E-state index contributed by atoms with van der Waals surface area (Å²) in [7, 11) is 0. The molecule has 0 spiro atoms. The minimum atomic E-state index is 0.881. The maximum atomic E-state index is 4.50. The number of hydrogen-bond donors (Lipinski definition) is 1. The maximum absolute atomic E-state index is 4.50. The van der Waals surface area contributed by atoms with E-state index in [0.717, 1.165) is 29.1 Å². The van der Waals surface area contributed by atoms with Gasteiger partial charge in [0.15, 0.2) is 0 Å². The van der Waals surface area contributed by atoms with Gasteiger partial charge in [0.2, 0.25) is 0 Å². The highest BCUT2D eigenvalue weighted by Gasteiger charge is 2.04. The largest absolute Gasteiger partial charge is 0.344 e. The van der Waals surface area contributed by atoms with E-state index < -0.39 is 0 Å². The molecule has 2 nitrogen and oxygen atoms in total. The van der Waals surface area contributed by atoms with E-state index in [1.165, 1.54) is 17.5 Å². The molecule has 0 amide bonds. The lowest BCUT2D eigenvalue weighted by Gasteiger charge is -2.10.